The highest BCUT2D eigenvalue weighted by molar-refractivity contribution is 6.04. The molecule has 5 nitrogen and oxygen atoms in total. The van der Waals surface area contributed by atoms with Crippen molar-refractivity contribution in [3.63, 3.8) is 0 Å². The first-order chi connectivity index (χ1) is 14.0. The van der Waals surface area contributed by atoms with Crippen LogP contribution in [0.5, 0.6) is 5.75 Å². The van der Waals surface area contributed by atoms with Crippen LogP contribution in [-0.2, 0) is 11.3 Å². The second-order valence-electron chi connectivity index (χ2n) is 5.97. The molecule has 0 unspecified atom stereocenters. The highest BCUT2D eigenvalue weighted by Crippen LogP contribution is 2.21. The van der Waals surface area contributed by atoms with Crippen LogP contribution in [0.1, 0.15) is 26.3 Å². The fourth-order valence-electron chi connectivity index (χ4n) is 2.54. The van der Waals surface area contributed by atoms with Gasteiger partial charge in [-0.15, -0.1) is 0 Å². The summed E-state index contributed by atoms with van der Waals surface area (Å²) in [6, 6.07) is 21.2. The molecule has 7 heteroatoms. The van der Waals surface area contributed by atoms with Crippen LogP contribution in [0.15, 0.2) is 78.9 Å². The fraction of sp³-hybridized carbons (Fsp3) is 0.0909. The third-order valence-corrected chi connectivity index (χ3v) is 3.94. The lowest BCUT2D eigenvalue weighted by Crippen LogP contribution is -2.12. The van der Waals surface area contributed by atoms with Gasteiger partial charge in [-0.05, 0) is 42.0 Å². The highest BCUT2D eigenvalue weighted by Gasteiger charge is 2.16. The van der Waals surface area contributed by atoms with Crippen LogP contribution in [0, 0.1) is 0 Å². The van der Waals surface area contributed by atoms with Gasteiger partial charge in [-0.1, -0.05) is 42.5 Å². The van der Waals surface area contributed by atoms with Gasteiger partial charge in [-0.2, -0.15) is 8.78 Å². The molecule has 0 atom stereocenters. The van der Waals surface area contributed by atoms with Crippen molar-refractivity contribution in [2.45, 2.75) is 13.2 Å². The smallest absolute Gasteiger partial charge is 0.387 e. The van der Waals surface area contributed by atoms with Crippen LogP contribution >= 0.6 is 0 Å². The fourth-order valence-corrected chi connectivity index (χ4v) is 2.54. The van der Waals surface area contributed by atoms with Crippen molar-refractivity contribution in [1.29, 1.82) is 0 Å². The Hall–Kier alpha value is -3.74. The van der Waals surface area contributed by atoms with Crippen LogP contribution in [0.3, 0.4) is 0 Å². The molecule has 29 heavy (non-hydrogen) atoms. The topological polar surface area (TPSA) is 64.6 Å². The van der Waals surface area contributed by atoms with Crippen molar-refractivity contribution >= 4 is 17.6 Å². The lowest BCUT2D eigenvalue weighted by atomic mass is 10.1. The summed E-state index contributed by atoms with van der Waals surface area (Å²) in [5.74, 6) is -1.30. The van der Waals surface area contributed by atoms with Gasteiger partial charge in [0.1, 0.15) is 17.9 Å². The summed E-state index contributed by atoms with van der Waals surface area (Å²) in [7, 11) is 0. The van der Waals surface area contributed by atoms with E-state index in [1.54, 1.807) is 36.4 Å². The van der Waals surface area contributed by atoms with Gasteiger partial charge >= 0.3 is 12.6 Å². The lowest BCUT2D eigenvalue weighted by molar-refractivity contribution is -0.0505. The number of alkyl halides is 2. The third-order valence-electron chi connectivity index (χ3n) is 3.94. The van der Waals surface area contributed by atoms with Gasteiger partial charge in [0.05, 0.1) is 0 Å². The molecule has 0 aromatic heterocycles. The van der Waals surface area contributed by atoms with Crippen molar-refractivity contribution in [3.8, 4) is 5.75 Å². The van der Waals surface area contributed by atoms with Crippen LogP contribution in [-0.4, -0.2) is 18.5 Å². The quantitative estimate of drug-likeness (QED) is 0.576. The number of hydrogen-bond acceptors (Lipinski definition) is 4. The van der Waals surface area contributed by atoms with Gasteiger partial charge in [0, 0.05) is 11.3 Å². The van der Waals surface area contributed by atoms with E-state index in [2.05, 4.69) is 10.1 Å². The molecule has 1 N–H and O–H groups in total. The predicted octanol–water partition coefficient (Wildman–Crippen LogP) is 4.90. The molecule has 0 saturated heterocycles. The van der Waals surface area contributed by atoms with Gasteiger partial charge in [0.15, 0.2) is 0 Å². The maximum absolute atomic E-state index is 12.4. The molecule has 0 saturated carbocycles. The summed E-state index contributed by atoms with van der Waals surface area (Å²) in [4.78, 5) is 24.4. The highest BCUT2D eigenvalue weighted by atomic mass is 19.3. The van der Waals surface area contributed by atoms with Gasteiger partial charge in [-0.3, -0.25) is 4.79 Å². The maximum atomic E-state index is 12.4. The van der Waals surface area contributed by atoms with E-state index in [0.717, 1.165) is 0 Å². The Morgan fingerprint density at radius 3 is 2.21 bits per heavy atom. The zero-order valence-electron chi connectivity index (χ0n) is 15.2. The number of hydrogen-bond donors (Lipinski definition) is 1. The van der Waals surface area contributed by atoms with E-state index in [1.165, 1.54) is 24.3 Å². The molecule has 3 aromatic carbocycles. The van der Waals surface area contributed by atoms with Crippen molar-refractivity contribution in [1.82, 2.24) is 0 Å². The largest absolute Gasteiger partial charge is 0.457 e. The zero-order chi connectivity index (χ0) is 20.6. The number of anilines is 1. The number of nitrogens with one attached hydrogen (secondary N) is 1. The Balaban J connectivity index is 1.59. The van der Waals surface area contributed by atoms with E-state index in [-0.39, 0.29) is 23.8 Å². The van der Waals surface area contributed by atoms with E-state index >= 15 is 0 Å². The van der Waals surface area contributed by atoms with Crippen molar-refractivity contribution < 1.29 is 27.8 Å². The molecule has 148 valence electrons. The number of halogens is 2. The van der Waals surface area contributed by atoms with E-state index in [1.807, 2.05) is 18.2 Å². The number of carbonyl (C=O) groups is 2. The van der Waals surface area contributed by atoms with E-state index in [9.17, 15) is 18.4 Å². The van der Waals surface area contributed by atoms with Gasteiger partial charge in [0.2, 0.25) is 0 Å². The van der Waals surface area contributed by atoms with Crippen LogP contribution < -0.4 is 10.1 Å². The molecule has 0 aliphatic rings. The number of esters is 1. The minimum atomic E-state index is -3.04. The summed E-state index contributed by atoms with van der Waals surface area (Å²) < 4.78 is 34.4. The van der Waals surface area contributed by atoms with Gasteiger partial charge < -0.3 is 14.8 Å². The first kappa shape index (κ1) is 20.0. The standard InChI is InChI=1S/C22H17F2NO4/c23-22(24)29-19-9-5-4-8-18(19)21(27)28-14-15-10-12-16(13-11-15)20(26)25-17-6-2-1-3-7-17/h1-13,22H,14H2,(H,25,26). The molecule has 0 heterocycles. The second-order valence-corrected chi connectivity index (χ2v) is 5.97. The number of amides is 1. The predicted molar refractivity (Wildman–Crippen MR) is 103 cm³/mol. The van der Waals surface area contributed by atoms with Crippen LogP contribution in [0.2, 0.25) is 0 Å². The summed E-state index contributed by atoms with van der Waals surface area (Å²) in [5.41, 5.74) is 1.67. The summed E-state index contributed by atoms with van der Waals surface area (Å²) >= 11 is 0. The first-order valence-corrected chi connectivity index (χ1v) is 8.69. The maximum Gasteiger partial charge on any atom is 0.387 e. The molecular formula is C22H17F2NO4. The minimum absolute atomic E-state index is 0.0809. The molecule has 0 spiro atoms. The molecule has 3 aromatic rings. The van der Waals surface area contributed by atoms with E-state index < -0.39 is 12.6 Å². The Kier molecular flexibility index (Phi) is 6.52. The Bertz CT molecular complexity index is 976. The molecule has 1 amide bonds. The first-order valence-electron chi connectivity index (χ1n) is 8.69. The van der Waals surface area contributed by atoms with E-state index in [0.29, 0.717) is 16.8 Å². The zero-order valence-corrected chi connectivity index (χ0v) is 15.2. The second kappa shape index (κ2) is 9.45. The Labute approximate surface area is 165 Å². The summed E-state index contributed by atoms with van der Waals surface area (Å²) in [6.45, 7) is -3.12. The monoisotopic (exact) mass is 397 g/mol. The summed E-state index contributed by atoms with van der Waals surface area (Å²) in [6.07, 6.45) is 0. The molecule has 0 aliphatic heterocycles. The number of benzene rings is 3. The average molecular weight is 397 g/mol. The van der Waals surface area contributed by atoms with E-state index in [4.69, 9.17) is 4.74 Å². The van der Waals surface area contributed by atoms with Gasteiger partial charge in [-0.25, -0.2) is 4.79 Å². The molecule has 0 fully saturated rings. The Morgan fingerprint density at radius 1 is 0.862 bits per heavy atom. The third kappa shape index (κ3) is 5.62. The molecular weight excluding hydrogens is 380 g/mol. The lowest BCUT2D eigenvalue weighted by Gasteiger charge is -2.10. The Morgan fingerprint density at radius 2 is 1.52 bits per heavy atom. The molecule has 0 aliphatic carbocycles. The number of ether oxygens (including phenoxy) is 2. The van der Waals surface area contributed by atoms with Crippen molar-refractivity contribution in [2.75, 3.05) is 5.32 Å². The SMILES string of the molecule is O=C(Nc1ccccc1)c1ccc(COC(=O)c2ccccc2OC(F)F)cc1. The minimum Gasteiger partial charge on any atom is -0.457 e. The molecule has 0 radical (unpaired) electrons. The number of carbonyl (C=O) groups excluding carboxylic acids is 2. The number of rotatable bonds is 7. The average Bonchev–Trinajstić information content (AvgIpc) is 2.73. The summed E-state index contributed by atoms with van der Waals surface area (Å²) in [5, 5.41) is 2.77. The van der Waals surface area contributed by atoms with Gasteiger partial charge in [0.25, 0.3) is 5.91 Å². The molecule has 0 bridgehead atoms. The molecule has 3 rings (SSSR count). The normalized spacial score (nSPS) is 10.4. The van der Waals surface area contributed by atoms with Crippen molar-refractivity contribution in [2.24, 2.45) is 0 Å². The van der Waals surface area contributed by atoms with Crippen LogP contribution in [0.4, 0.5) is 14.5 Å². The van der Waals surface area contributed by atoms with Crippen LogP contribution in [0.25, 0.3) is 0 Å². The van der Waals surface area contributed by atoms with Crippen molar-refractivity contribution in [3.05, 3.63) is 95.6 Å². The number of para-hydroxylation sites is 2.